The van der Waals surface area contributed by atoms with E-state index in [0.717, 1.165) is 5.56 Å². The van der Waals surface area contributed by atoms with Crippen LogP contribution in [0.4, 0.5) is 0 Å². The van der Waals surface area contributed by atoms with Crippen LogP contribution < -0.4 is 5.32 Å². The van der Waals surface area contributed by atoms with Gasteiger partial charge in [0.25, 0.3) is 5.91 Å². The molecule has 20 heavy (non-hydrogen) atoms. The first-order chi connectivity index (χ1) is 9.47. The highest BCUT2D eigenvalue weighted by molar-refractivity contribution is 6.35. The average Bonchev–Trinajstić information content (AvgIpc) is 2.39. The molecule has 0 spiro atoms. The summed E-state index contributed by atoms with van der Waals surface area (Å²) in [5.41, 5.74) is 0.956. The van der Waals surface area contributed by atoms with Gasteiger partial charge in [-0.3, -0.25) is 4.79 Å². The zero-order chi connectivity index (χ0) is 14.7. The van der Waals surface area contributed by atoms with E-state index in [0.29, 0.717) is 10.0 Å². The van der Waals surface area contributed by atoms with Crippen molar-refractivity contribution in [2.75, 3.05) is 0 Å². The van der Waals surface area contributed by atoms with Crippen molar-refractivity contribution in [2.45, 2.75) is 13.0 Å². The van der Waals surface area contributed by atoms with Gasteiger partial charge in [-0.05, 0) is 24.6 Å². The summed E-state index contributed by atoms with van der Waals surface area (Å²) in [4.78, 5) is 19.7. The van der Waals surface area contributed by atoms with E-state index in [9.17, 15) is 4.79 Å². The van der Waals surface area contributed by atoms with E-state index in [1.54, 1.807) is 18.2 Å². The largest absolute Gasteiger partial charge is 0.344 e. The molecule has 0 radical (unpaired) electrons. The fourth-order valence-electron chi connectivity index (χ4n) is 1.63. The minimum Gasteiger partial charge on any atom is -0.344 e. The summed E-state index contributed by atoms with van der Waals surface area (Å²) in [5.74, 6) is -0.354. The van der Waals surface area contributed by atoms with Crippen molar-refractivity contribution in [3.05, 3.63) is 57.0 Å². The maximum Gasteiger partial charge on any atom is 0.271 e. The second-order valence-electron chi connectivity index (χ2n) is 4.09. The summed E-state index contributed by atoms with van der Waals surface area (Å²) in [5, 5.41) is 4.05. The quantitative estimate of drug-likeness (QED) is 0.927. The summed E-state index contributed by atoms with van der Waals surface area (Å²) in [6.45, 7) is 1.82. The second-order valence-corrected chi connectivity index (χ2v) is 5.32. The minimum absolute atomic E-state index is 0.186. The number of nitrogens with one attached hydrogen (secondary N) is 1. The molecule has 0 fully saturated rings. The molecule has 2 aromatic rings. The Morgan fingerprint density at radius 3 is 2.55 bits per heavy atom. The smallest absolute Gasteiger partial charge is 0.271 e. The first kappa shape index (κ1) is 15.0. The van der Waals surface area contributed by atoms with Crippen LogP contribution in [0, 0.1) is 0 Å². The maximum atomic E-state index is 12.0. The van der Waals surface area contributed by atoms with E-state index in [4.69, 9.17) is 34.8 Å². The highest BCUT2D eigenvalue weighted by Gasteiger charge is 2.15. The van der Waals surface area contributed by atoms with Gasteiger partial charge in [-0.15, -0.1) is 0 Å². The highest BCUT2D eigenvalue weighted by Crippen LogP contribution is 2.26. The number of nitrogens with zero attached hydrogens (tertiary/aromatic N) is 2. The summed E-state index contributed by atoms with van der Waals surface area (Å²) >= 11 is 17.5. The van der Waals surface area contributed by atoms with Crippen molar-refractivity contribution in [1.29, 1.82) is 0 Å². The van der Waals surface area contributed by atoms with E-state index in [1.165, 1.54) is 12.4 Å². The fraction of sp³-hybridized carbons (Fsp3) is 0.154. The molecule has 0 aliphatic carbocycles. The van der Waals surface area contributed by atoms with Crippen LogP contribution in [-0.2, 0) is 0 Å². The number of halogens is 3. The molecule has 0 aliphatic heterocycles. The topological polar surface area (TPSA) is 54.9 Å². The number of hydrogen-bond donors (Lipinski definition) is 1. The van der Waals surface area contributed by atoms with Crippen molar-refractivity contribution in [3.63, 3.8) is 0 Å². The van der Waals surface area contributed by atoms with Gasteiger partial charge in [0, 0.05) is 10.0 Å². The molecule has 1 aromatic heterocycles. The Bertz CT molecular complexity index is 631. The number of carbonyl (C=O) groups is 1. The van der Waals surface area contributed by atoms with Gasteiger partial charge in [-0.25, -0.2) is 9.97 Å². The molecule has 1 aromatic carbocycles. The Balaban J connectivity index is 2.12. The third kappa shape index (κ3) is 3.60. The normalized spacial score (nSPS) is 12.0. The number of carbonyl (C=O) groups excluding carboxylic acids is 1. The summed E-state index contributed by atoms with van der Waals surface area (Å²) in [6, 6.07) is 4.82. The molecule has 104 valence electrons. The summed E-state index contributed by atoms with van der Waals surface area (Å²) in [6.07, 6.45) is 2.63. The van der Waals surface area contributed by atoms with Crippen LogP contribution in [0.15, 0.2) is 30.6 Å². The van der Waals surface area contributed by atoms with E-state index >= 15 is 0 Å². The molecule has 1 atom stereocenters. The predicted octanol–water partition coefficient (Wildman–Crippen LogP) is 3.93. The van der Waals surface area contributed by atoms with Gasteiger partial charge in [0.1, 0.15) is 10.8 Å². The Morgan fingerprint density at radius 1 is 1.20 bits per heavy atom. The number of rotatable bonds is 3. The number of aromatic nitrogens is 2. The van der Waals surface area contributed by atoms with E-state index in [-0.39, 0.29) is 22.8 Å². The SMILES string of the molecule is CC(NC(=O)c1cnc(Cl)cn1)c1ccc(Cl)cc1Cl. The molecule has 1 unspecified atom stereocenters. The van der Waals surface area contributed by atoms with Crippen molar-refractivity contribution in [2.24, 2.45) is 0 Å². The van der Waals surface area contributed by atoms with Crippen LogP contribution in [0.2, 0.25) is 15.2 Å². The standard InChI is InChI=1S/C13H10Cl3N3O/c1-7(9-3-2-8(14)4-10(9)15)19-13(20)11-5-18-12(16)6-17-11/h2-7H,1H3,(H,19,20). The van der Waals surface area contributed by atoms with E-state index < -0.39 is 0 Å². The number of benzene rings is 1. The summed E-state index contributed by atoms with van der Waals surface area (Å²) in [7, 11) is 0. The van der Waals surface area contributed by atoms with E-state index in [2.05, 4.69) is 15.3 Å². The molecule has 2 rings (SSSR count). The van der Waals surface area contributed by atoms with Crippen molar-refractivity contribution in [3.8, 4) is 0 Å². The number of amides is 1. The molecular weight excluding hydrogens is 321 g/mol. The van der Waals surface area contributed by atoms with Crippen LogP contribution in [0.25, 0.3) is 0 Å². The minimum atomic E-state index is -0.354. The third-order valence-corrected chi connectivity index (χ3v) is 3.39. The first-order valence-electron chi connectivity index (χ1n) is 5.70. The van der Waals surface area contributed by atoms with Gasteiger partial charge in [-0.1, -0.05) is 40.9 Å². The molecule has 4 nitrogen and oxygen atoms in total. The molecule has 1 N–H and O–H groups in total. The van der Waals surface area contributed by atoms with Gasteiger partial charge >= 0.3 is 0 Å². The zero-order valence-corrected chi connectivity index (χ0v) is 12.7. The van der Waals surface area contributed by atoms with Gasteiger partial charge in [0.15, 0.2) is 0 Å². The van der Waals surface area contributed by atoms with Crippen molar-refractivity contribution < 1.29 is 4.79 Å². The predicted molar refractivity (Wildman–Crippen MR) is 79.4 cm³/mol. The van der Waals surface area contributed by atoms with Crippen molar-refractivity contribution >= 4 is 40.7 Å². The van der Waals surface area contributed by atoms with Crippen LogP contribution in [-0.4, -0.2) is 15.9 Å². The van der Waals surface area contributed by atoms with Crippen LogP contribution in [0.5, 0.6) is 0 Å². The molecular formula is C13H10Cl3N3O. The fourth-order valence-corrected chi connectivity index (χ4v) is 2.30. The third-order valence-electron chi connectivity index (χ3n) is 2.63. The maximum absolute atomic E-state index is 12.0. The second kappa shape index (κ2) is 6.39. The highest BCUT2D eigenvalue weighted by atomic mass is 35.5. The molecule has 0 aliphatic rings. The molecule has 0 saturated heterocycles. The Hall–Kier alpha value is -1.36. The van der Waals surface area contributed by atoms with Crippen LogP contribution in [0.1, 0.15) is 29.0 Å². The van der Waals surface area contributed by atoms with Crippen LogP contribution in [0.3, 0.4) is 0 Å². The Labute approximate surface area is 131 Å². The molecule has 1 amide bonds. The lowest BCUT2D eigenvalue weighted by molar-refractivity contribution is 0.0934. The van der Waals surface area contributed by atoms with Gasteiger partial charge in [0.2, 0.25) is 0 Å². The molecule has 0 saturated carbocycles. The van der Waals surface area contributed by atoms with Gasteiger partial charge in [-0.2, -0.15) is 0 Å². The lowest BCUT2D eigenvalue weighted by Gasteiger charge is -2.15. The molecule has 0 bridgehead atoms. The van der Waals surface area contributed by atoms with Crippen LogP contribution >= 0.6 is 34.8 Å². The van der Waals surface area contributed by atoms with E-state index in [1.807, 2.05) is 6.92 Å². The lowest BCUT2D eigenvalue weighted by atomic mass is 10.1. The van der Waals surface area contributed by atoms with Crippen molar-refractivity contribution in [1.82, 2.24) is 15.3 Å². The average molecular weight is 331 g/mol. The first-order valence-corrected chi connectivity index (χ1v) is 6.84. The summed E-state index contributed by atoms with van der Waals surface area (Å²) < 4.78 is 0. The lowest BCUT2D eigenvalue weighted by Crippen LogP contribution is -2.27. The Kier molecular flexibility index (Phi) is 4.81. The number of hydrogen-bond acceptors (Lipinski definition) is 3. The molecule has 1 heterocycles. The molecule has 7 heteroatoms. The monoisotopic (exact) mass is 329 g/mol. The van der Waals surface area contributed by atoms with Gasteiger partial charge < -0.3 is 5.32 Å². The zero-order valence-electron chi connectivity index (χ0n) is 10.4. The Morgan fingerprint density at radius 2 is 1.95 bits per heavy atom. The van der Waals surface area contributed by atoms with Gasteiger partial charge in [0.05, 0.1) is 18.4 Å².